The Balaban J connectivity index is 0.00000400. The van der Waals surface area contributed by atoms with Gasteiger partial charge in [0, 0.05) is 5.88 Å². The average molecular weight is 332 g/mol. The van der Waals surface area contributed by atoms with Crippen LogP contribution in [0.25, 0.3) is 0 Å². The van der Waals surface area contributed by atoms with Gasteiger partial charge in [0.1, 0.15) is 0 Å². The fourth-order valence-electron chi connectivity index (χ4n) is 2.20. The van der Waals surface area contributed by atoms with Gasteiger partial charge in [-0.2, -0.15) is 0 Å². The van der Waals surface area contributed by atoms with Crippen molar-refractivity contribution in [1.29, 1.82) is 5.41 Å². The number of halogens is 2. The summed E-state index contributed by atoms with van der Waals surface area (Å²) in [4.78, 5) is 0. The Morgan fingerprint density at radius 3 is 2.24 bits per heavy atom. The monoisotopic (exact) mass is 331 g/mol. The van der Waals surface area contributed by atoms with Crippen LogP contribution in [-0.2, 0) is 10.2 Å². The molecule has 0 aliphatic rings. The van der Waals surface area contributed by atoms with Crippen molar-refractivity contribution in [2.24, 2.45) is 0 Å². The number of ether oxygens (including phenoxy) is 1. The van der Waals surface area contributed by atoms with Crippen LogP contribution in [0.5, 0.6) is 0 Å². The third-order valence-corrected chi connectivity index (χ3v) is 3.69. The zero-order valence-corrected chi connectivity index (χ0v) is 15.0. The number of alkyl halides is 1. The largest absolute Gasteiger partial charge is 0.481 e. The summed E-state index contributed by atoms with van der Waals surface area (Å²) in [5.41, 5.74) is 2.60. The summed E-state index contributed by atoms with van der Waals surface area (Å²) in [5, 5.41) is 8.07. The molecule has 1 atom stereocenters. The van der Waals surface area contributed by atoms with Crippen LogP contribution >= 0.6 is 24.0 Å². The van der Waals surface area contributed by atoms with Crippen molar-refractivity contribution < 1.29 is 4.74 Å². The maximum atomic E-state index is 8.07. The second-order valence-electron chi connectivity index (χ2n) is 6.05. The molecule has 0 saturated heterocycles. The lowest BCUT2D eigenvalue weighted by Gasteiger charge is -2.22. The molecule has 4 heteroatoms. The minimum Gasteiger partial charge on any atom is -0.481 e. The van der Waals surface area contributed by atoms with E-state index in [1.807, 2.05) is 6.92 Å². The molecule has 0 aliphatic heterocycles. The molecule has 120 valence electrons. The lowest BCUT2D eigenvalue weighted by atomic mass is 9.85. The number of rotatable bonds is 6. The smallest absolute Gasteiger partial charge is 0.188 e. The lowest BCUT2D eigenvalue weighted by Crippen LogP contribution is -2.16. The van der Waals surface area contributed by atoms with Gasteiger partial charge in [0.25, 0.3) is 0 Å². The van der Waals surface area contributed by atoms with E-state index in [2.05, 4.69) is 45.0 Å². The summed E-state index contributed by atoms with van der Waals surface area (Å²) >= 11 is 5.79. The van der Waals surface area contributed by atoms with Crippen LogP contribution in [-0.4, -0.2) is 18.4 Å². The summed E-state index contributed by atoms with van der Waals surface area (Å²) in [6.45, 7) is 9.06. The molecule has 2 nitrogen and oxygen atoms in total. The Labute approximate surface area is 140 Å². The topological polar surface area (TPSA) is 33.1 Å². The van der Waals surface area contributed by atoms with Crippen molar-refractivity contribution in [3.05, 3.63) is 35.4 Å². The van der Waals surface area contributed by atoms with Gasteiger partial charge in [0.2, 0.25) is 0 Å². The Morgan fingerprint density at radius 2 is 1.81 bits per heavy atom. The van der Waals surface area contributed by atoms with Crippen molar-refractivity contribution in [2.45, 2.75) is 51.9 Å². The molecule has 0 spiro atoms. The maximum absolute atomic E-state index is 8.07. The van der Waals surface area contributed by atoms with Gasteiger partial charge in [0.15, 0.2) is 5.90 Å². The van der Waals surface area contributed by atoms with Gasteiger partial charge in [0.05, 0.1) is 12.5 Å². The molecule has 1 N–H and O–H groups in total. The van der Waals surface area contributed by atoms with E-state index >= 15 is 0 Å². The Bertz CT molecular complexity index is 423. The van der Waals surface area contributed by atoms with Crippen LogP contribution < -0.4 is 0 Å². The van der Waals surface area contributed by atoms with Crippen molar-refractivity contribution in [1.82, 2.24) is 0 Å². The Hall–Kier alpha value is -0.730. The first-order valence-electron chi connectivity index (χ1n) is 7.27. The molecule has 0 saturated carbocycles. The molecular formula is C17H27Cl2NO. The highest BCUT2D eigenvalue weighted by atomic mass is 35.5. The van der Waals surface area contributed by atoms with Crippen LogP contribution in [0.2, 0.25) is 0 Å². The molecule has 1 unspecified atom stereocenters. The summed E-state index contributed by atoms with van der Waals surface area (Å²) < 4.78 is 5.39. The highest BCUT2D eigenvalue weighted by Crippen LogP contribution is 2.27. The fourth-order valence-corrected chi connectivity index (χ4v) is 2.36. The Morgan fingerprint density at radius 1 is 1.24 bits per heavy atom. The van der Waals surface area contributed by atoms with Gasteiger partial charge < -0.3 is 4.74 Å². The zero-order valence-electron chi connectivity index (χ0n) is 13.4. The van der Waals surface area contributed by atoms with Crippen molar-refractivity contribution >= 4 is 29.9 Å². The summed E-state index contributed by atoms with van der Waals surface area (Å²) in [5.74, 6) is 0.986. The molecular weight excluding hydrogens is 305 g/mol. The van der Waals surface area contributed by atoms with Crippen LogP contribution in [0.15, 0.2) is 24.3 Å². The number of benzene rings is 1. The average Bonchev–Trinajstić information content (AvgIpc) is 2.39. The molecule has 1 aromatic rings. The molecule has 0 bridgehead atoms. The molecule has 0 heterocycles. The maximum Gasteiger partial charge on any atom is 0.188 e. The first-order valence-corrected chi connectivity index (χ1v) is 7.81. The van der Waals surface area contributed by atoms with Crippen molar-refractivity contribution in [2.75, 3.05) is 12.5 Å². The van der Waals surface area contributed by atoms with Crippen LogP contribution in [0, 0.1) is 5.41 Å². The van der Waals surface area contributed by atoms with E-state index in [9.17, 15) is 0 Å². The molecule has 0 amide bonds. The third-order valence-electron chi connectivity index (χ3n) is 3.42. The predicted molar refractivity (Wildman–Crippen MR) is 94.4 cm³/mol. The SMILES string of the molecule is CCOC(=N)C(CCCCl)c1ccc(C(C)(C)C)cc1.Cl. The second kappa shape index (κ2) is 9.32. The van der Waals surface area contributed by atoms with E-state index in [-0.39, 0.29) is 23.7 Å². The fraction of sp³-hybridized carbons (Fsp3) is 0.588. The normalized spacial score (nSPS) is 12.4. The van der Waals surface area contributed by atoms with Gasteiger partial charge in [-0.15, -0.1) is 24.0 Å². The van der Waals surface area contributed by atoms with Gasteiger partial charge in [-0.05, 0) is 36.3 Å². The molecule has 0 aromatic heterocycles. The van der Waals surface area contributed by atoms with Gasteiger partial charge in [-0.1, -0.05) is 45.0 Å². The van der Waals surface area contributed by atoms with E-state index in [1.54, 1.807) is 0 Å². The van der Waals surface area contributed by atoms with Gasteiger partial charge in [-0.3, -0.25) is 5.41 Å². The van der Waals surface area contributed by atoms with E-state index < -0.39 is 0 Å². The first kappa shape index (κ1) is 20.3. The van der Waals surface area contributed by atoms with E-state index in [1.165, 1.54) is 5.56 Å². The summed E-state index contributed by atoms with van der Waals surface area (Å²) in [6.07, 6.45) is 1.75. The Kier molecular flexibility index (Phi) is 9.00. The lowest BCUT2D eigenvalue weighted by molar-refractivity contribution is 0.305. The van der Waals surface area contributed by atoms with Crippen LogP contribution in [0.4, 0.5) is 0 Å². The minimum atomic E-state index is 0. The summed E-state index contributed by atoms with van der Waals surface area (Å²) in [6, 6.07) is 8.55. The zero-order chi connectivity index (χ0) is 15.2. The summed E-state index contributed by atoms with van der Waals surface area (Å²) in [7, 11) is 0. The van der Waals surface area contributed by atoms with Crippen LogP contribution in [0.3, 0.4) is 0 Å². The minimum absolute atomic E-state index is 0. The number of hydrogen-bond acceptors (Lipinski definition) is 2. The first-order chi connectivity index (χ1) is 9.40. The number of hydrogen-bond donors (Lipinski definition) is 1. The molecule has 0 fully saturated rings. The van der Waals surface area contributed by atoms with Crippen molar-refractivity contribution in [3.8, 4) is 0 Å². The highest BCUT2D eigenvalue weighted by molar-refractivity contribution is 6.17. The van der Waals surface area contributed by atoms with E-state index in [0.29, 0.717) is 18.4 Å². The van der Waals surface area contributed by atoms with Crippen LogP contribution in [0.1, 0.15) is 57.6 Å². The standard InChI is InChI=1S/C17H26ClNO.ClH/c1-5-20-16(19)15(7-6-12-18)13-8-10-14(11-9-13)17(2,3)4;/h8-11,15,19H,5-7,12H2,1-4H3;1H. The highest BCUT2D eigenvalue weighted by Gasteiger charge is 2.19. The van der Waals surface area contributed by atoms with Crippen molar-refractivity contribution in [3.63, 3.8) is 0 Å². The number of nitrogens with one attached hydrogen (secondary N) is 1. The predicted octanol–water partition coefficient (Wildman–Crippen LogP) is 5.52. The van der Waals surface area contributed by atoms with Gasteiger partial charge >= 0.3 is 0 Å². The molecule has 1 rings (SSSR count). The van der Waals surface area contributed by atoms with Gasteiger partial charge in [-0.25, -0.2) is 0 Å². The molecule has 0 aliphatic carbocycles. The van der Waals surface area contributed by atoms with E-state index in [4.69, 9.17) is 21.7 Å². The second-order valence-corrected chi connectivity index (χ2v) is 6.43. The molecule has 0 radical (unpaired) electrons. The van der Waals surface area contributed by atoms with E-state index in [0.717, 1.165) is 18.4 Å². The molecule has 1 aromatic carbocycles. The molecule has 21 heavy (non-hydrogen) atoms. The quantitative estimate of drug-likeness (QED) is 0.415. The third kappa shape index (κ3) is 6.27.